The molecule has 0 radical (unpaired) electrons. The summed E-state index contributed by atoms with van der Waals surface area (Å²) in [4.78, 5) is 12.1. The molecular weight excluding hydrogens is 324 g/mol. The van der Waals surface area contributed by atoms with Crippen molar-refractivity contribution >= 4 is 5.97 Å². The van der Waals surface area contributed by atoms with E-state index in [1.165, 1.54) is 12.1 Å². The van der Waals surface area contributed by atoms with Gasteiger partial charge in [0.1, 0.15) is 0 Å². The van der Waals surface area contributed by atoms with E-state index in [0.29, 0.717) is 19.4 Å². The quantitative estimate of drug-likeness (QED) is 0.656. The highest BCUT2D eigenvalue weighted by atomic mass is 16.7. The van der Waals surface area contributed by atoms with Gasteiger partial charge in [-0.15, -0.1) is 0 Å². The maximum Gasteiger partial charge on any atom is 0.309 e. The minimum atomic E-state index is -0.283. The Morgan fingerprint density at radius 3 is 2.48 bits per heavy atom. The molecule has 6 heteroatoms. The van der Waals surface area contributed by atoms with Gasteiger partial charge in [-0.25, -0.2) is 0 Å². The van der Waals surface area contributed by atoms with E-state index in [9.17, 15) is 15.0 Å². The first-order chi connectivity index (χ1) is 12.1. The number of aromatic hydroxyl groups is 2. The molecule has 0 amide bonds. The molecule has 2 aliphatic rings. The van der Waals surface area contributed by atoms with Gasteiger partial charge >= 0.3 is 5.97 Å². The normalized spacial score (nSPS) is 21.4. The topological polar surface area (TPSA) is 85.2 Å². The fourth-order valence-corrected chi connectivity index (χ4v) is 3.38. The van der Waals surface area contributed by atoms with E-state index < -0.39 is 0 Å². The standard InChI is InChI=1S/C19H18O6/c20-15-3-1-12(7-16(15)21)6-14-13(9-23-19(14)22)5-11-2-4-17-18(8-11)25-10-24-17/h1-4,7-8,13-14,20-21H,5-6,9-10H2/t13-,14+/m1/s1. The molecule has 2 aliphatic heterocycles. The van der Waals surface area contributed by atoms with Gasteiger partial charge < -0.3 is 24.4 Å². The van der Waals surface area contributed by atoms with E-state index in [0.717, 1.165) is 22.6 Å². The van der Waals surface area contributed by atoms with Crippen LogP contribution in [0.1, 0.15) is 11.1 Å². The fraction of sp³-hybridized carbons (Fsp3) is 0.316. The number of carbonyl (C=O) groups excluding carboxylic acids is 1. The van der Waals surface area contributed by atoms with E-state index in [4.69, 9.17) is 14.2 Å². The Kier molecular flexibility index (Phi) is 3.87. The van der Waals surface area contributed by atoms with Crippen molar-refractivity contribution in [3.63, 3.8) is 0 Å². The van der Waals surface area contributed by atoms with Crippen molar-refractivity contribution in [1.82, 2.24) is 0 Å². The fourth-order valence-electron chi connectivity index (χ4n) is 3.38. The summed E-state index contributed by atoms with van der Waals surface area (Å²) in [5.74, 6) is 0.642. The largest absolute Gasteiger partial charge is 0.504 e. The SMILES string of the molecule is O=C1OC[C@@H](Cc2ccc3c(c2)OCO3)[C@@H]1Cc1ccc(O)c(O)c1. The second-order valence-electron chi connectivity index (χ2n) is 6.42. The lowest BCUT2D eigenvalue weighted by Gasteiger charge is -2.16. The molecule has 130 valence electrons. The van der Waals surface area contributed by atoms with E-state index in [2.05, 4.69) is 0 Å². The Hall–Kier alpha value is -2.89. The Bertz CT molecular complexity index is 816. The van der Waals surface area contributed by atoms with Crippen molar-refractivity contribution in [2.24, 2.45) is 11.8 Å². The number of benzene rings is 2. The lowest BCUT2D eigenvalue weighted by atomic mass is 9.85. The monoisotopic (exact) mass is 342 g/mol. The summed E-state index contributed by atoms with van der Waals surface area (Å²) in [7, 11) is 0. The van der Waals surface area contributed by atoms with Crippen LogP contribution in [0.2, 0.25) is 0 Å². The molecule has 2 N–H and O–H groups in total. The van der Waals surface area contributed by atoms with Gasteiger partial charge in [0.25, 0.3) is 0 Å². The highest BCUT2D eigenvalue weighted by molar-refractivity contribution is 5.75. The number of hydrogen-bond donors (Lipinski definition) is 2. The predicted molar refractivity (Wildman–Crippen MR) is 87.7 cm³/mol. The van der Waals surface area contributed by atoms with Gasteiger partial charge in [-0.2, -0.15) is 0 Å². The zero-order valence-electron chi connectivity index (χ0n) is 13.5. The van der Waals surface area contributed by atoms with Gasteiger partial charge in [-0.05, 0) is 48.2 Å². The van der Waals surface area contributed by atoms with Gasteiger partial charge in [0.05, 0.1) is 12.5 Å². The summed E-state index contributed by atoms with van der Waals surface area (Å²) in [5.41, 5.74) is 1.85. The average molecular weight is 342 g/mol. The number of rotatable bonds is 4. The first kappa shape index (κ1) is 15.6. The van der Waals surface area contributed by atoms with Crippen molar-refractivity contribution in [2.75, 3.05) is 13.4 Å². The van der Waals surface area contributed by atoms with E-state index in [1.807, 2.05) is 18.2 Å². The number of fused-ring (bicyclic) bond motifs is 1. The molecule has 1 fully saturated rings. The van der Waals surface area contributed by atoms with Crippen LogP contribution in [0.15, 0.2) is 36.4 Å². The number of phenols is 2. The maximum absolute atomic E-state index is 12.1. The Balaban J connectivity index is 1.50. The highest BCUT2D eigenvalue weighted by Crippen LogP contribution is 2.36. The summed E-state index contributed by atoms with van der Waals surface area (Å²) in [6.45, 7) is 0.610. The van der Waals surface area contributed by atoms with Crippen LogP contribution in [0.3, 0.4) is 0 Å². The molecule has 4 rings (SSSR count). The molecule has 0 saturated carbocycles. The van der Waals surface area contributed by atoms with Crippen LogP contribution in [0.4, 0.5) is 0 Å². The van der Waals surface area contributed by atoms with Gasteiger partial charge in [0.2, 0.25) is 6.79 Å². The molecule has 0 spiro atoms. The molecule has 2 aromatic rings. The zero-order valence-corrected chi connectivity index (χ0v) is 13.5. The summed E-state index contributed by atoms with van der Waals surface area (Å²) < 4.78 is 16.0. The van der Waals surface area contributed by atoms with E-state index in [-0.39, 0.29) is 36.1 Å². The van der Waals surface area contributed by atoms with Crippen molar-refractivity contribution < 1.29 is 29.2 Å². The smallest absolute Gasteiger partial charge is 0.309 e. The lowest BCUT2D eigenvalue weighted by molar-refractivity contribution is -0.141. The molecule has 2 aromatic carbocycles. The van der Waals surface area contributed by atoms with Crippen LogP contribution in [-0.4, -0.2) is 29.6 Å². The third-order valence-corrected chi connectivity index (χ3v) is 4.74. The molecule has 25 heavy (non-hydrogen) atoms. The number of hydrogen-bond acceptors (Lipinski definition) is 6. The van der Waals surface area contributed by atoms with Crippen LogP contribution < -0.4 is 9.47 Å². The number of cyclic esters (lactones) is 1. The molecule has 0 unspecified atom stereocenters. The van der Waals surface area contributed by atoms with Gasteiger partial charge in [0, 0.05) is 5.92 Å². The predicted octanol–water partition coefficient (Wildman–Crippen LogP) is 2.40. The van der Waals surface area contributed by atoms with Gasteiger partial charge in [-0.3, -0.25) is 4.79 Å². The summed E-state index contributed by atoms with van der Waals surface area (Å²) in [6.07, 6.45) is 1.15. The van der Waals surface area contributed by atoms with Crippen molar-refractivity contribution in [1.29, 1.82) is 0 Å². The van der Waals surface area contributed by atoms with Crippen molar-refractivity contribution in [3.05, 3.63) is 47.5 Å². The minimum Gasteiger partial charge on any atom is -0.504 e. The first-order valence-corrected chi connectivity index (χ1v) is 8.16. The van der Waals surface area contributed by atoms with Gasteiger partial charge in [-0.1, -0.05) is 12.1 Å². The third-order valence-electron chi connectivity index (χ3n) is 4.74. The summed E-state index contributed by atoms with van der Waals surface area (Å²) in [6, 6.07) is 10.4. The minimum absolute atomic E-state index is 0.0452. The molecule has 0 bridgehead atoms. The van der Waals surface area contributed by atoms with E-state index >= 15 is 0 Å². The second-order valence-corrected chi connectivity index (χ2v) is 6.42. The van der Waals surface area contributed by atoms with Crippen molar-refractivity contribution in [3.8, 4) is 23.0 Å². The molecule has 2 atom stereocenters. The summed E-state index contributed by atoms with van der Waals surface area (Å²) >= 11 is 0. The average Bonchev–Trinajstić information content (AvgIpc) is 3.19. The van der Waals surface area contributed by atoms with Crippen LogP contribution in [-0.2, 0) is 22.4 Å². The number of carbonyl (C=O) groups is 1. The van der Waals surface area contributed by atoms with Gasteiger partial charge in [0.15, 0.2) is 23.0 Å². The maximum atomic E-state index is 12.1. The molecular formula is C19H18O6. The van der Waals surface area contributed by atoms with Crippen molar-refractivity contribution in [2.45, 2.75) is 12.8 Å². The van der Waals surface area contributed by atoms with Crippen LogP contribution in [0, 0.1) is 11.8 Å². The number of esters is 1. The molecule has 0 aliphatic carbocycles. The lowest BCUT2D eigenvalue weighted by Crippen LogP contribution is -2.20. The summed E-state index contributed by atoms with van der Waals surface area (Å²) in [5, 5.41) is 19.1. The van der Waals surface area contributed by atoms with Crippen LogP contribution >= 0.6 is 0 Å². The number of phenolic OH excluding ortho intramolecular Hbond substituents is 2. The third kappa shape index (κ3) is 3.07. The highest BCUT2D eigenvalue weighted by Gasteiger charge is 2.37. The molecule has 2 heterocycles. The Labute approximate surface area is 144 Å². The molecule has 6 nitrogen and oxygen atoms in total. The Morgan fingerprint density at radius 1 is 0.880 bits per heavy atom. The molecule has 1 saturated heterocycles. The number of ether oxygens (including phenoxy) is 3. The first-order valence-electron chi connectivity index (χ1n) is 8.16. The second kappa shape index (κ2) is 6.20. The van der Waals surface area contributed by atoms with Crippen LogP contribution in [0.25, 0.3) is 0 Å². The van der Waals surface area contributed by atoms with E-state index in [1.54, 1.807) is 6.07 Å². The zero-order chi connectivity index (χ0) is 17.4. The Morgan fingerprint density at radius 2 is 1.64 bits per heavy atom. The van der Waals surface area contributed by atoms with Crippen LogP contribution in [0.5, 0.6) is 23.0 Å². The molecule has 0 aromatic heterocycles.